The number of hydrogen-bond acceptors (Lipinski definition) is 9. The highest BCUT2D eigenvalue weighted by atomic mass is 16.7. The van der Waals surface area contributed by atoms with Gasteiger partial charge in [-0.05, 0) is 58.2 Å². The molecule has 10 heteroatoms. The predicted molar refractivity (Wildman–Crippen MR) is 198 cm³/mol. The van der Waals surface area contributed by atoms with Crippen LogP contribution in [0.2, 0.25) is 0 Å². The molecule has 1 unspecified atom stereocenters. The summed E-state index contributed by atoms with van der Waals surface area (Å²) >= 11 is 0. The minimum Gasteiger partial charge on any atom is -0.443 e. The van der Waals surface area contributed by atoms with E-state index in [1.807, 2.05) is 97.9 Å². The molecule has 0 bridgehead atoms. The zero-order chi connectivity index (χ0) is 37.7. The molecule has 0 saturated carbocycles. The number of carbonyl (C=O) groups excluding carboxylic acids is 2. The maximum atomic E-state index is 13.4. The maximum Gasteiger partial charge on any atom is 0.420 e. The third-order valence-electron chi connectivity index (χ3n) is 8.13. The Bertz CT molecular complexity index is 1490. The largest absolute Gasteiger partial charge is 0.443 e. The van der Waals surface area contributed by atoms with Crippen LogP contribution in [0.25, 0.3) is 0 Å². The first-order valence-corrected chi connectivity index (χ1v) is 17.8. The predicted octanol–water partition coefficient (Wildman–Crippen LogP) is 8.48. The molecule has 1 aliphatic rings. The molecule has 10 nitrogen and oxygen atoms in total. The molecule has 3 aromatic carbocycles. The van der Waals surface area contributed by atoms with Gasteiger partial charge >= 0.3 is 12.2 Å². The fourth-order valence-electron chi connectivity index (χ4n) is 5.62. The van der Waals surface area contributed by atoms with Crippen LogP contribution in [0.1, 0.15) is 65.2 Å². The molecule has 6 atom stereocenters. The molecule has 1 fully saturated rings. The Labute approximate surface area is 308 Å². The van der Waals surface area contributed by atoms with Crippen molar-refractivity contribution in [2.45, 2.75) is 110 Å². The van der Waals surface area contributed by atoms with Crippen LogP contribution in [-0.4, -0.2) is 72.1 Å². The van der Waals surface area contributed by atoms with Crippen LogP contribution in [-0.2, 0) is 53.0 Å². The van der Waals surface area contributed by atoms with Crippen LogP contribution in [0.15, 0.2) is 104 Å². The molecule has 3 aromatic rings. The molecule has 0 aliphatic carbocycles. The van der Waals surface area contributed by atoms with Crippen molar-refractivity contribution in [1.29, 1.82) is 0 Å². The standard InChI is InChI=1S/C42H55NO9/c1-9-34(43(39(44)51-41(3,4)5)40(45)52-42(6,7)8)28-49-38-30(2)36(47-26-32-21-15-11-16-22-32)37(48-27-33-23-17-12-18-24-33)35(50-38)29-46-25-31-19-13-10-14-20-31/h9-24,30,34-38H,1,25-29H2,2-8H3/t30-,34-,35?,36+,37-,38+/m1/s1. The summed E-state index contributed by atoms with van der Waals surface area (Å²) in [5.41, 5.74) is 1.31. The summed E-state index contributed by atoms with van der Waals surface area (Å²) in [5.74, 6) is -0.350. The molecule has 1 heterocycles. The van der Waals surface area contributed by atoms with E-state index in [9.17, 15) is 9.59 Å². The average molecular weight is 718 g/mol. The summed E-state index contributed by atoms with van der Waals surface area (Å²) in [5, 5.41) is 0. The molecule has 0 aromatic heterocycles. The number of imide groups is 1. The summed E-state index contributed by atoms with van der Waals surface area (Å²) in [6.45, 7) is 17.3. The van der Waals surface area contributed by atoms with E-state index in [4.69, 9.17) is 33.2 Å². The highest BCUT2D eigenvalue weighted by Gasteiger charge is 2.47. The Morgan fingerprint density at radius 1 is 0.712 bits per heavy atom. The molecule has 1 saturated heterocycles. The van der Waals surface area contributed by atoms with Gasteiger partial charge in [-0.1, -0.05) is 104 Å². The van der Waals surface area contributed by atoms with E-state index in [0.29, 0.717) is 19.8 Å². The normalized spacial score (nSPS) is 21.2. The Kier molecular flexibility index (Phi) is 15.0. The zero-order valence-electron chi connectivity index (χ0n) is 31.6. The van der Waals surface area contributed by atoms with E-state index in [1.165, 1.54) is 6.08 Å². The molecular formula is C42H55NO9. The van der Waals surface area contributed by atoms with E-state index < -0.39 is 54.0 Å². The number of hydrogen-bond donors (Lipinski definition) is 0. The monoisotopic (exact) mass is 717 g/mol. The molecule has 0 radical (unpaired) electrons. The Morgan fingerprint density at radius 2 is 1.15 bits per heavy atom. The first-order valence-electron chi connectivity index (χ1n) is 17.8. The van der Waals surface area contributed by atoms with Crippen LogP contribution < -0.4 is 0 Å². The number of ether oxygens (including phenoxy) is 7. The molecular weight excluding hydrogens is 662 g/mol. The smallest absolute Gasteiger partial charge is 0.420 e. The molecule has 2 amide bonds. The molecule has 1 aliphatic heterocycles. The van der Waals surface area contributed by atoms with Gasteiger partial charge in [0, 0.05) is 5.92 Å². The van der Waals surface area contributed by atoms with Crippen LogP contribution in [0.5, 0.6) is 0 Å². The van der Waals surface area contributed by atoms with Crippen molar-refractivity contribution in [2.24, 2.45) is 5.92 Å². The van der Waals surface area contributed by atoms with E-state index in [1.54, 1.807) is 41.5 Å². The van der Waals surface area contributed by atoms with Crippen molar-refractivity contribution in [1.82, 2.24) is 4.90 Å². The quantitative estimate of drug-likeness (QED) is 0.143. The molecule has 4 rings (SSSR count). The van der Waals surface area contributed by atoms with Crippen molar-refractivity contribution in [2.75, 3.05) is 13.2 Å². The lowest BCUT2D eigenvalue weighted by molar-refractivity contribution is -0.303. The summed E-state index contributed by atoms with van der Waals surface area (Å²) in [6, 6.07) is 28.8. The number of carbonyl (C=O) groups is 2. The van der Waals surface area contributed by atoms with Crippen molar-refractivity contribution in [3.05, 3.63) is 120 Å². The van der Waals surface area contributed by atoms with Crippen molar-refractivity contribution >= 4 is 12.2 Å². The fourth-order valence-corrected chi connectivity index (χ4v) is 5.62. The number of benzene rings is 3. The third kappa shape index (κ3) is 12.9. The van der Waals surface area contributed by atoms with Gasteiger partial charge in [-0.25, -0.2) is 14.5 Å². The number of rotatable bonds is 15. The lowest BCUT2D eigenvalue weighted by atomic mass is 9.91. The van der Waals surface area contributed by atoms with Crippen LogP contribution in [0.4, 0.5) is 9.59 Å². The molecule has 52 heavy (non-hydrogen) atoms. The van der Waals surface area contributed by atoms with Crippen molar-refractivity contribution in [3.63, 3.8) is 0 Å². The average Bonchev–Trinajstić information content (AvgIpc) is 3.09. The first kappa shape index (κ1) is 40.7. The van der Waals surface area contributed by atoms with Gasteiger partial charge in [-0.2, -0.15) is 0 Å². The molecule has 0 N–H and O–H groups in total. The van der Waals surface area contributed by atoms with Gasteiger partial charge in [0.05, 0.1) is 45.2 Å². The summed E-state index contributed by atoms with van der Waals surface area (Å²) < 4.78 is 43.7. The lowest BCUT2D eigenvalue weighted by Crippen LogP contribution is -2.58. The first-order chi connectivity index (χ1) is 24.7. The van der Waals surface area contributed by atoms with E-state index in [2.05, 4.69) is 6.58 Å². The molecule has 0 spiro atoms. The lowest BCUT2D eigenvalue weighted by Gasteiger charge is -2.45. The number of nitrogens with zero attached hydrogens (tertiary/aromatic N) is 1. The Balaban J connectivity index is 1.60. The second kappa shape index (κ2) is 19.1. The van der Waals surface area contributed by atoms with Gasteiger partial charge in [0.2, 0.25) is 0 Å². The van der Waals surface area contributed by atoms with Gasteiger partial charge in [-0.15, -0.1) is 6.58 Å². The van der Waals surface area contributed by atoms with Gasteiger partial charge in [0.1, 0.15) is 23.4 Å². The highest BCUT2D eigenvalue weighted by molar-refractivity contribution is 5.89. The van der Waals surface area contributed by atoms with Crippen LogP contribution >= 0.6 is 0 Å². The maximum absolute atomic E-state index is 13.4. The van der Waals surface area contributed by atoms with Crippen LogP contribution in [0.3, 0.4) is 0 Å². The van der Waals surface area contributed by atoms with E-state index in [-0.39, 0.29) is 19.1 Å². The third-order valence-corrected chi connectivity index (χ3v) is 8.13. The van der Waals surface area contributed by atoms with Crippen LogP contribution in [0, 0.1) is 5.92 Å². The topological polar surface area (TPSA) is 102 Å². The van der Waals surface area contributed by atoms with E-state index >= 15 is 0 Å². The molecule has 282 valence electrons. The minimum absolute atomic E-state index is 0.143. The second-order valence-corrected chi connectivity index (χ2v) is 14.9. The van der Waals surface area contributed by atoms with Gasteiger partial charge in [0.15, 0.2) is 6.29 Å². The summed E-state index contributed by atoms with van der Waals surface area (Å²) in [4.78, 5) is 27.7. The Hall–Kier alpha value is -4.06. The Morgan fingerprint density at radius 3 is 1.60 bits per heavy atom. The number of amides is 2. The van der Waals surface area contributed by atoms with Gasteiger partial charge in [-0.3, -0.25) is 0 Å². The fraction of sp³-hybridized carbons (Fsp3) is 0.476. The highest BCUT2D eigenvalue weighted by Crippen LogP contribution is 2.33. The second-order valence-electron chi connectivity index (χ2n) is 14.9. The SMILES string of the molecule is C=C[C@H](CO[C@H]1OC(COCc2ccccc2)[C@@H](OCc2ccccc2)[C@@H](OCc2ccccc2)[C@H]1C)N(C(=O)OC(C)(C)C)C(=O)OC(C)(C)C. The summed E-state index contributed by atoms with van der Waals surface area (Å²) in [7, 11) is 0. The van der Waals surface area contributed by atoms with Crippen molar-refractivity contribution in [3.8, 4) is 0 Å². The zero-order valence-corrected chi connectivity index (χ0v) is 31.6. The summed E-state index contributed by atoms with van der Waals surface area (Å²) in [6.07, 6.45) is -2.73. The van der Waals surface area contributed by atoms with E-state index in [0.717, 1.165) is 21.6 Å². The minimum atomic E-state index is -0.941. The van der Waals surface area contributed by atoms with Crippen molar-refractivity contribution < 1.29 is 42.7 Å². The van der Waals surface area contributed by atoms with Gasteiger partial charge in [0.25, 0.3) is 0 Å². The van der Waals surface area contributed by atoms with Gasteiger partial charge < -0.3 is 33.2 Å².